The van der Waals surface area contributed by atoms with Gasteiger partial charge in [0.2, 0.25) is 0 Å². The van der Waals surface area contributed by atoms with Crippen LogP contribution in [0.1, 0.15) is 5.56 Å². The van der Waals surface area contributed by atoms with E-state index in [2.05, 4.69) is 5.32 Å². The minimum absolute atomic E-state index is 0.0772. The van der Waals surface area contributed by atoms with Gasteiger partial charge in [0, 0.05) is 24.4 Å². The van der Waals surface area contributed by atoms with E-state index in [1.807, 2.05) is 30.3 Å². The Morgan fingerprint density at radius 3 is 2.62 bits per heavy atom. The maximum atomic E-state index is 12.5. The Kier molecular flexibility index (Phi) is 5.66. The van der Waals surface area contributed by atoms with Crippen LogP contribution in [0, 0.1) is 0 Å². The largest absolute Gasteiger partial charge is 0.491 e. The summed E-state index contributed by atoms with van der Waals surface area (Å²) in [6, 6.07) is 16.7. The first-order chi connectivity index (χ1) is 12.7. The zero-order valence-electron chi connectivity index (χ0n) is 14.2. The zero-order valence-corrected chi connectivity index (χ0v) is 14.2. The fourth-order valence-electron chi connectivity index (χ4n) is 2.68. The Morgan fingerprint density at radius 1 is 1.04 bits per heavy atom. The van der Waals surface area contributed by atoms with Crippen LogP contribution in [0.2, 0.25) is 0 Å². The molecule has 1 aliphatic rings. The van der Waals surface area contributed by atoms with E-state index in [9.17, 15) is 9.59 Å². The number of carbonyl (C=O) groups excluding carboxylic acids is 2. The molecule has 0 saturated carbocycles. The monoisotopic (exact) mass is 352 g/mol. The maximum Gasteiger partial charge on any atom is 0.277 e. The molecule has 3 rings (SSSR count). The van der Waals surface area contributed by atoms with Crippen molar-refractivity contribution in [2.24, 2.45) is 0 Å². The van der Waals surface area contributed by atoms with Crippen molar-refractivity contribution in [3.63, 3.8) is 0 Å². The second-order valence-electron chi connectivity index (χ2n) is 5.81. The van der Waals surface area contributed by atoms with Crippen molar-refractivity contribution in [3.8, 4) is 5.75 Å². The first-order valence-electron chi connectivity index (χ1n) is 8.39. The number of rotatable bonds is 8. The number of imide groups is 1. The number of amides is 2. The first kappa shape index (κ1) is 17.7. The van der Waals surface area contributed by atoms with Gasteiger partial charge in [-0.05, 0) is 24.1 Å². The molecule has 0 spiro atoms. The minimum Gasteiger partial charge on any atom is -0.491 e. The lowest BCUT2D eigenvalue weighted by atomic mass is 10.1. The fourth-order valence-corrected chi connectivity index (χ4v) is 2.68. The van der Waals surface area contributed by atoms with Gasteiger partial charge in [-0.15, -0.1) is 0 Å². The van der Waals surface area contributed by atoms with E-state index >= 15 is 0 Å². The molecule has 0 aliphatic carbocycles. The molecule has 2 amide bonds. The van der Waals surface area contributed by atoms with Crippen molar-refractivity contribution in [1.29, 1.82) is 0 Å². The lowest BCUT2D eigenvalue weighted by Crippen LogP contribution is -2.33. The summed E-state index contributed by atoms with van der Waals surface area (Å²) in [5.74, 6) is -0.0870. The van der Waals surface area contributed by atoms with E-state index in [-0.39, 0.29) is 30.7 Å². The molecule has 0 bridgehead atoms. The average Bonchev–Trinajstić information content (AvgIpc) is 2.92. The van der Waals surface area contributed by atoms with Crippen LogP contribution in [-0.2, 0) is 16.0 Å². The molecular weight excluding hydrogens is 332 g/mol. The lowest BCUT2D eigenvalue weighted by molar-refractivity contribution is -0.137. The predicted octanol–water partition coefficient (Wildman–Crippen LogP) is 1.96. The second kappa shape index (κ2) is 8.31. The summed E-state index contributed by atoms with van der Waals surface area (Å²) >= 11 is 0. The quantitative estimate of drug-likeness (QED) is 0.710. The lowest BCUT2D eigenvalue weighted by Gasteiger charge is -2.15. The van der Waals surface area contributed by atoms with E-state index in [1.165, 1.54) is 11.0 Å². The fraction of sp³-hybridized carbons (Fsp3) is 0.200. The minimum atomic E-state index is -0.340. The van der Waals surface area contributed by atoms with Gasteiger partial charge in [0.05, 0.1) is 6.61 Å². The van der Waals surface area contributed by atoms with Crippen LogP contribution in [0.5, 0.6) is 5.75 Å². The second-order valence-corrected chi connectivity index (χ2v) is 5.81. The third kappa shape index (κ3) is 4.29. The van der Waals surface area contributed by atoms with Gasteiger partial charge in [0.15, 0.2) is 0 Å². The predicted molar refractivity (Wildman–Crippen MR) is 97.6 cm³/mol. The molecule has 6 heteroatoms. The van der Waals surface area contributed by atoms with Gasteiger partial charge >= 0.3 is 0 Å². The molecule has 0 aromatic heterocycles. The molecule has 26 heavy (non-hydrogen) atoms. The van der Waals surface area contributed by atoms with E-state index < -0.39 is 0 Å². The van der Waals surface area contributed by atoms with Gasteiger partial charge < -0.3 is 15.2 Å². The maximum absolute atomic E-state index is 12.5. The summed E-state index contributed by atoms with van der Waals surface area (Å²) in [4.78, 5) is 25.9. The molecule has 0 radical (unpaired) electrons. The molecule has 1 aliphatic heterocycles. The number of aliphatic hydroxyl groups excluding tert-OH is 1. The highest BCUT2D eigenvalue weighted by Crippen LogP contribution is 2.21. The van der Waals surface area contributed by atoms with Crippen LogP contribution in [-0.4, -0.2) is 41.6 Å². The van der Waals surface area contributed by atoms with Crippen LogP contribution >= 0.6 is 0 Å². The number of benzene rings is 2. The van der Waals surface area contributed by atoms with Crippen molar-refractivity contribution in [2.75, 3.05) is 25.1 Å². The molecule has 0 fully saturated rings. The summed E-state index contributed by atoms with van der Waals surface area (Å²) in [7, 11) is 0. The zero-order chi connectivity index (χ0) is 18.4. The molecular formula is C20H20N2O4. The molecule has 0 atom stereocenters. The third-order valence-electron chi connectivity index (χ3n) is 3.95. The number of aliphatic hydroxyl groups is 1. The normalized spacial score (nSPS) is 13.7. The number of hydrogen-bond acceptors (Lipinski definition) is 5. The highest BCUT2D eigenvalue weighted by atomic mass is 16.5. The number of nitrogens with one attached hydrogen (secondary N) is 1. The van der Waals surface area contributed by atoms with Gasteiger partial charge in [0.25, 0.3) is 11.8 Å². The Bertz CT molecular complexity index is 818. The van der Waals surface area contributed by atoms with Crippen molar-refractivity contribution >= 4 is 17.5 Å². The van der Waals surface area contributed by atoms with Crippen LogP contribution in [0.15, 0.2) is 66.4 Å². The van der Waals surface area contributed by atoms with Crippen LogP contribution in [0.4, 0.5) is 5.69 Å². The molecule has 2 N–H and O–H groups in total. The molecule has 6 nitrogen and oxygen atoms in total. The highest BCUT2D eigenvalue weighted by Gasteiger charge is 2.30. The topological polar surface area (TPSA) is 78.9 Å². The van der Waals surface area contributed by atoms with E-state index in [4.69, 9.17) is 9.84 Å². The summed E-state index contributed by atoms with van der Waals surface area (Å²) in [5, 5.41) is 11.8. The average molecular weight is 352 g/mol. The van der Waals surface area contributed by atoms with E-state index in [0.29, 0.717) is 24.4 Å². The molecule has 1 heterocycles. The van der Waals surface area contributed by atoms with Crippen LogP contribution < -0.4 is 10.1 Å². The van der Waals surface area contributed by atoms with Crippen molar-refractivity contribution in [2.45, 2.75) is 6.42 Å². The van der Waals surface area contributed by atoms with Gasteiger partial charge in [-0.25, -0.2) is 0 Å². The standard InChI is InChI=1S/C20H20N2O4/c23-11-12-26-17-8-4-7-16(13-17)21-18-14-19(24)22(20(18)25)10-9-15-5-2-1-3-6-15/h1-8,13-14,21,23H,9-12H2. The molecule has 2 aromatic rings. The molecule has 0 unspecified atom stereocenters. The number of hydrogen-bond donors (Lipinski definition) is 2. The Labute approximate surface area is 151 Å². The molecule has 2 aromatic carbocycles. The van der Waals surface area contributed by atoms with Crippen molar-refractivity contribution in [3.05, 3.63) is 71.9 Å². The molecule has 134 valence electrons. The number of ether oxygens (including phenoxy) is 1. The number of anilines is 1. The smallest absolute Gasteiger partial charge is 0.277 e. The SMILES string of the molecule is O=C1C=C(Nc2cccc(OCCO)c2)C(=O)N1CCc1ccccc1. The van der Waals surface area contributed by atoms with Gasteiger partial charge in [0.1, 0.15) is 18.1 Å². The summed E-state index contributed by atoms with van der Waals surface area (Å²) in [6.45, 7) is 0.450. The van der Waals surface area contributed by atoms with Crippen LogP contribution in [0.3, 0.4) is 0 Å². The Morgan fingerprint density at radius 2 is 1.85 bits per heavy atom. The number of carbonyl (C=O) groups is 2. The van der Waals surface area contributed by atoms with Crippen LogP contribution in [0.25, 0.3) is 0 Å². The van der Waals surface area contributed by atoms with E-state index in [0.717, 1.165) is 5.56 Å². The van der Waals surface area contributed by atoms with Gasteiger partial charge in [-0.2, -0.15) is 0 Å². The Balaban J connectivity index is 1.62. The van der Waals surface area contributed by atoms with Crippen molar-refractivity contribution in [1.82, 2.24) is 4.90 Å². The van der Waals surface area contributed by atoms with Gasteiger partial charge in [-0.3, -0.25) is 14.5 Å². The summed E-state index contributed by atoms with van der Waals surface area (Å²) < 4.78 is 5.35. The summed E-state index contributed by atoms with van der Waals surface area (Å²) in [5.41, 5.74) is 1.95. The summed E-state index contributed by atoms with van der Waals surface area (Å²) in [6.07, 6.45) is 1.93. The van der Waals surface area contributed by atoms with Crippen molar-refractivity contribution < 1.29 is 19.4 Å². The molecule has 0 saturated heterocycles. The highest BCUT2D eigenvalue weighted by molar-refractivity contribution is 6.17. The first-order valence-corrected chi connectivity index (χ1v) is 8.39. The van der Waals surface area contributed by atoms with E-state index in [1.54, 1.807) is 24.3 Å². The number of nitrogens with zero attached hydrogens (tertiary/aromatic N) is 1. The Hall–Kier alpha value is -3.12. The van der Waals surface area contributed by atoms with Gasteiger partial charge in [-0.1, -0.05) is 36.4 Å². The third-order valence-corrected chi connectivity index (χ3v) is 3.95.